The predicted octanol–water partition coefficient (Wildman–Crippen LogP) is 3.64. The average molecular weight is 239 g/mol. The van der Waals surface area contributed by atoms with Crippen molar-refractivity contribution in [2.24, 2.45) is 0 Å². The Morgan fingerprint density at radius 3 is 2.38 bits per heavy atom. The van der Waals surface area contributed by atoms with Gasteiger partial charge in [-0.3, -0.25) is 0 Å². The fourth-order valence-electron chi connectivity index (χ4n) is 2.53. The van der Waals surface area contributed by atoms with Crippen LogP contribution in [0.15, 0.2) is 12.1 Å². The molecular weight excluding hydrogens is 224 g/mol. The third-order valence-corrected chi connectivity index (χ3v) is 3.92. The molecule has 1 aliphatic carbocycles. The molecule has 3 rings (SSSR count). The number of hydrogen-bond acceptors (Lipinski definition) is 2. The summed E-state index contributed by atoms with van der Waals surface area (Å²) >= 11 is 6.36. The molecule has 0 amide bonds. The van der Waals surface area contributed by atoms with Crippen molar-refractivity contribution in [2.75, 3.05) is 13.2 Å². The van der Waals surface area contributed by atoms with Crippen molar-refractivity contribution in [3.8, 4) is 11.5 Å². The van der Waals surface area contributed by atoms with Gasteiger partial charge in [0.1, 0.15) is 13.2 Å². The largest absolute Gasteiger partial charge is 0.486 e. The van der Waals surface area contributed by atoms with Gasteiger partial charge < -0.3 is 9.47 Å². The minimum absolute atomic E-state index is 0.127. The molecule has 1 aliphatic heterocycles. The quantitative estimate of drug-likeness (QED) is 0.643. The van der Waals surface area contributed by atoms with E-state index in [4.69, 9.17) is 21.1 Å². The van der Waals surface area contributed by atoms with Crippen LogP contribution < -0.4 is 9.47 Å². The van der Waals surface area contributed by atoms with Crippen LogP contribution in [0.1, 0.15) is 42.2 Å². The fourth-order valence-corrected chi connectivity index (χ4v) is 2.84. The lowest BCUT2D eigenvalue weighted by Crippen LogP contribution is -2.17. The second-order valence-corrected chi connectivity index (χ2v) is 5.10. The van der Waals surface area contributed by atoms with E-state index in [9.17, 15) is 0 Å². The maximum absolute atomic E-state index is 6.36. The minimum atomic E-state index is 0.127. The van der Waals surface area contributed by atoms with Crippen molar-refractivity contribution in [3.05, 3.63) is 23.3 Å². The molecule has 0 fully saturated rings. The van der Waals surface area contributed by atoms with Gasteiger partial charge in [0, 0.05) is 0 Å². The van der Waals surface area contributed by atoms with Gasteiger partial charge in [0.05, 0.1) is 5.38 Å². The third kappa shape index (κ3) is 1.56. The normalized spacial score (nSPS) is 27.4. The van der Waals surface area contributed by atoms with Crippen molar-refractivity contribution in [2.45, 2.75) is 31.1 Å². The van der Waals surface area contributed by atoms with Crippen LogP contribution in [0.2, 0.25) is 0 Å². The van der Waals surface area contributed by atoms with E-state index in [2.05, 4.69) is 19.1 Å². The summed E-state index contributed by atoms with van der Waals surface area (Å²) in [4.78, 5) is 0. The van der Waals surface area contributed by atoms with Crippen molar-refractivity contribution >= 4 is 11.6 Å². The molecule has 0 aromatic heterocycles. The van der Waals surface area contributed by atoms with Gasteiger partial charge in [-0.1, -0.05) is 6.92 Å². The molecule has 0 radical (unpaired) electrons. The minimum Gasteiger partial charge on any atom is -0.486 e. The monoisotopic (exact) mass is 238 g/mol. The van der Waals surface area contributed by atoms with Crippen LogP contribution in [0.4, 0.5) is 0 Å². The molecule has 2 unspecified atom stereocenters. The molecule has 0 N–H and O–H groups in total. The van der Waals surface area contributed by atoms with Crippen LogP contribution >= 0.6 is 11.6 Å². The summed E-state index contributed by atoms with van der Waals surface area (Å²) in [5, 5.41) is 0.127. The molecule has 3 heteroatoms. The van der Waals surface area contributed by atoms with Gasteiger partial charge in [0.25, 0.3) is 0 Å². The van der Waals surface area contributed by atoms with Gasteiger partial charge in [-0.25, -0.2) is 0 Å². The second-order valence-electron chi connectivity index (χ2n) is 4.57. The Kier molecular flexibility index (Phi) is 2.47. The van der Waals surface area contributed by atoms with Crippen molar-refractivity contribution in [1.29, 1.82) is 0 Å². The highest BCUT2D eigenvalue weighted by Gasteiger charge is 2.26. The molecule has 16 heavy (non-hydrogen) atoms. The summed E-state index contributed by atoms with van der Waals surface area (Å²) in [7, 11) is 0. The number of rotatable bonds is 0. The SMILES string of the molecule is CC1CCC(Cl)c2cc3c(cc21)OCCO3. The van der Waals surface area contributed by atoms with E-state index in [0.29, 0.717) is 19.1 Å². The highest BCUT2D eigenvalue weighted by molar-refractivity contribution is 6.21. The Balaban J connectivity index is 2.11. The van der Waals surface area contributed by atoms with Gasteiger partial charge in [0.2, 0.25) is 0 Å². The first-order chi connectivity index (χ1) is 7.75. The first-order valence-electron chi connectivity index (χ1n) is 5.83. The highest BCUT2D eigenvalue weighted by Crippen LogP contribution is 2.45. The first-order valence-corrected chi connectivity index (χ1v) is 6.27. The Morgan fingerprint density at radius 1 is 1.06 bits per heavy atom. The van der Waals surface area contributed by atoms with E-state index >= 15 is 0 Å². The molecule has 86 valence electrons. The van der Waals surface area contributed by atoms with E-state index in [1.807, 2.05) is 0 Å². The summed E-state index contributed by atoms with van der Waals surface area (Å²) in [6, 6.07) is 4.18. The standard InChI is InChI=1S/C13H15ClO2/c1-8-2-3-11(14)10-7-13-12(6-9(8)10)15-4-5-16-13/h6-8,11H,2-5H2,1H3. The summed E-state index contributed by atoms with van der Waals surface area (Å²) in [5.74, 6) is 2.30. The van der Waals surface area contributed by atoms with Gasteiger partial charge in [-0.15, -0.1) is 11.6 Å². The maximum Gasteiger partial charge on any atom is 0.161 e. The molecule has 1 heterocycles. The number of fused-ring (bicyclic) bond motifs is 2. The van der Waals surface area contributed by atoms with Gasteiger partial charge in [0.15, 0.2) is 11.5 Å². The van der Waals surface area contributed by atoms with Crippen LogP contribution in [0.3, 0.4) is 0 Å². The molecule has 0 bridgehead atoms. The van der Waals surface area contributed by atoms with Crippen molar-refractivity contribution in [3.63, 3.8) is 0 Å². The van der Waals surface area contributed by atoms with Crippen LogP contribution in [0.25, 0.3) is 0 Å². The molecule has 0 spiro atoms. The Morgan fingerprint density at radius 2 is 1.69 bits per heavy atom. The van der Waals surface area contributed by atoms with E-state index < -0.39 is 0 Å². The van der Waals surface area contributed by atoms with Gasteiger partial charge in [-0.2, -0.15) is 0 Å². The maximum atomic E-state index is 6.36. The summed E-state index contributed by atoms with van der Waals surface area (Å²) < 4.78 is 11.2. The highest BCUT2D eigenvalue weighted by atomic mass is 35.5. The van der Waals surface area contributed by atoms with Crippen LogP contribution in [-0.4, -0.2) is 13.2 Å². The first kappa shape index (κ1) is 10.3. The molecule has 0 saturated heterocycles. The average Bonchev–Trinajstić information content (AvgIpc) is 2.32. The molecule has 1 aromatic carbocycles. The van der Waals surface area contributed by atoms with Crippen molar-refractivity contribution in [1.82, 2.24) is 0 Å². The molecule has 2 atom stereocenters. The van der Waals surface area contributed by atoms with Gasteiger partial charge in [-0.05, 0) is 42.0 Å². The lowest BCUT2D eigenvalue weighted by Gasteiger charge is -2.29. The Hall–Kier alpha value is -0.890. The van der Waals surface area contributed by atoms with E-state index in [0.717, 1.165) is 24.3 Å². The number of halogens is 1. The van der Waals surface area contributed by atoms with E-state index in [1.165, 1.54) is 11.1 Å². The summed E-state index contributed by atoms with van der Waals surface area (Å²) in [5.41, 5.74) is 2.56. The number of hydrogen-bond donors (Lipinski definition) is 0. The zero-order valence-corrected chi connectivity index (χ0v) is 10.1. The van der Waals surface area contributed by atoms with Crippen LogP contribution in [-0.2, 0) is 0 Å². The fraction of sp³-hybridized carbons (Fsp3) is 0.538. The summed E-state index contributed by atoms with van der Waals surface area (Å²) in [6.45, 7) is 3.52. The van der Waals surface area contributed by atoms with Crippen LogP contribution in [0, 0.1) is 0 Å². The van der Waals surface area contributed by atoms with E-state index in [-0.39, 0.29) is 5.38 Å². The lowest BCUT2D eigenvalue weighted by molar-refractivity contribution is 0.171. The zero-order chi connectivity index (χ0) is 11.1. The summed E-state index contributed by atoms with van der Waals surface area (Å²) in [6.07, 6.45) is 2.20. The topological polar surface area (TPSA) is 18.5 Å². The van der Waals surface area contributed by atoms with Gasteiger partial charge >= 0.3 is 0 Å². The molecule has 0 saturated carbocycles. The number of benzene rings is 1. The number of ether oxygens (including phenoxy) is 2. The molecular formula is C13H15ClO2. The molecule has 2 nitrogen and oxygen atoms in total. The second kappa shape index (κ2) is 3.85. The van der Waals surface area contributed by atoms with Crippen LogP contribution in [0.5, 0.6) is 11.5 Å². The third-order valence-electron chi connectivity index (χ3n) is 3.47. The molecule has 1 aromatic rings. The van der Waals surface area contributed by atoms with E-state index in [1.54, 1.807) is 0 Å². The zero-order valence-electron chi connectivity index (χ0n) is 9.33. The Labute approximate surface area is 101 Å². The number of alkyl halides is 1. The van der Waals surface area contributed by atoms with Crippen molar-refractivity contribution < 1.29 is 9.47 Å². The Bertz CT molecular complexity index is 378. The molecule has 2 aliphatic rings. The lowest BCUT2D eigenvalue weighted by atomic mass is 9.83. The predicted molar refractivity (Wildman–Crippen MR) is 63.7 cm³/mol. The smallest absolute Gasteiger partial charge is 0.161 e.